The number of nitrogens with zero attached hydrogens (tertiary/aromatic N) is 1. The third-order valence-corrected chi connectivity index (χ3v) is 2.34. The second kappa shape index (κ2) is 4.32. The molecular formula is C8H14N2O. The fraction of sp³-hybridized carbons (Fsp3) is 0.875. The molecule has 1 fully saturated rings. The minimum atomic E-state index is 0.253. The van der Waals surface area contributed by atoms with Crippen molar-refractivity contribution in [3.05, 3.63) is 0 Å². The van der Waals surface area contributed by atoms with E-state index < -0.39 is 0 Å². The maximum Gasteiger partial charge on any atom is 0.0843 e. The lowest BCUT2D eigenvalue weighted by atomic mass is 10.1. The molecule has 62 valence electrons. The van der Waals surface area contributed by atoms with E-state index in [1.54, 1.807) is 0 Å². The largest absolute Gasteiger partial charge is 0.396 e. The molecule has 0 radical (unpaired) electrons. The lowest BCUT2D eigenvalue weighted by molar-refractivity contribution is 0.207. The normalized spacial score (nSPS) is 30.2. The first-order valence-electron chi connectivity index (χ1n) is 4.09. The van der Waals surface area contributed by atoms with Crippen molar-refractivity contribution in [1.29, 1.82) is 5.26 Å². The fourth-order valence-corrected chi connectivity index (χ4v) is 1.70. The van der Waals surface area contributed by atoms with Crippen molar-refractivity contribution in [3.63, 3.8) is 0 Å². The first kappa shape index (κ1) is 8.51. The van der Waals surface area contributed by atoms with E-state index in [1.807, 2.05) is 6.07 Å². The highest BCUT2D eigenvalue weighted by molar-refractivity contribution is 4.86. The number of aliphatic hydroxyl groups excluding tert-OH is 1. The van der Waals surface area contributed by atoms with Gasteiger partial charge in [0, 0.05) is 12.6 Å². The molecule has 0 aromatic rings. The molecule has 1 saturated carbocycles. The quantitative estimate of drug-likeness (QED) is 0.573. The molecule has 3 heteroatoms. The van der Waals surface area contributed by atoms with Gasteiger partial charge >= 0.3 is 0 Å². The number of hydrogen-bond acceptors (Lipinski definition) is 3. The first-order chi connectivity index (χ1) is 5.38. The number of aliphatic hydroxyl groups is 1. The Morgan fingerprint density at radius 1 is 1.55 bits per heavy atom. The summed E-state index contributed by atoms with van der Waals surface area (Å²) in [5.41, 5.74) is 0. The van der Waals surface area contributed by atoms with Crippen LogP contribution in [0.5, 0.6) is 0 Å². The van der Waals surface area contributed by atoms with Crippen molar-refractivity contribution in [2.24, 2.45) is 5.92 Å². The lowest BCUT2D eigenvalue weighted by Crippen LogP contribution is -2.34. The Balaban J connectivity index is 2.27. The van der Waals surface area contributed by atoms with Gasteiger partial charge in [-0.2, -0.15) is 5.26 Å². The van der Waals surface area contributed by atoms with Crippen LogP contribution in [0.4, 0.5) is 0 Å². The summed E-state index contributed by atoms with van der Waals surface area (Å²) in [4.78, 5) is 0. The zero-order valence-corrected chi connectivity index (χ0v) is 6.58. The van der Waals surface area contributed by atoms with Crippen LogP contribution in [0.3, 0.4) is 0 Å². The average Bonchev–Trinajstić information content (AvgIpc) is 2.47. The molecule has 0 unspecified atom stereocenters. The summed E-state index contributed by atoms with van der Waals surface area (Å²) in [6.07, 6.45) is 3.38. The number of hydrogen-bond donors (Lipinski definition) is 2. The van der Waals surface area contributed by atoms with E-state index in [4.69, 9.17) is 10.4 Å². The van der Waals surface area contributed by atoms with Crippen molar-refractivity contribution >= 4 is 0 Å². The Labute approximate surface area is 67.0 Å². The molecule has 1 aliphatic rings. The third kappa shape index (κ3) is 2.18. The Bertz CT molecular complexity index is 153. The molecule has 3 nitrogen and oxygen atoms in total. The van der Waals surface area contributed by atoms with E-state index in [9.17, 15) is 0 Å². The zero-order chi connectivity index (χ0) is 8.10. The van der Waals surface area contributed by atoms with Crippen molar-refractivity contribution in [1.82, 2.24) is 5.32 Å². The third-order valence-electron chi connectivity index (χ3n) is 2.34. The van der Waals surface area contributed by atoms with Crippen LogP contribution in [0.15, 0.2) is 0 Å². The Morgan fingerprint density at radius 3 is 3.00 bits per heavy atom. The molecule has 0 saturated heterocycles. The monoisotopic (exact) mass is 154 g/mol. The topological polar surface area (TPSA) is 56.0 Å². The summed E-state index contributed by atoms with van der Waals surface area (Å²) in [6, 6.07) is 2.42. The van der Waals surface area contributed by atoms with Crippen LogP contribution in [0.1, 0.15) is 19.3 Å². The molecule has 2 atom stereocenters. The molecule has 0 aromatic heterocycles. The average molecular weight is 154 g/mol. The first-order valence-corrected chi connectivity index (χ1v) is 4.09. The van der Waals surface area contributed by atoms with Gasteiger partial charge in [-0.15, -0.1) is 0 Å². The highest BCUT2D eigenvalue weighted by atomic mass is 16.3. The number of nitriles is 1. The van der Waals surface area contributed by atoms with Crippen molar-refractivity contribution in [3.8, 4) is 6.07 Å². The van der Waals surface area contributed by atoms with Gasteiger partial charge in [-0.3, -0.25) is 0 Å². The van der Waals surface area contributed by atoms with E-state index in [0.717, 1.165) is 12.8 Å². The Hall–Kier alpha value is -0.590. The highest BCUT2D eigenvalue weighted by Crippen LogP contribution is 2.24. The van der Waals surface area contributed by atoms with Crippen LogP contribution in [0.25, 0.3) is 0 Å². The summed E-state index contributed by atoms with van der Waals surface area (Å²) in [5, 5.41) is 20.3. The molecule has 0 aliphatic heterocycles. The minimum absolute atomic E-state index is 0.253. The van der Waals surface area contributed by atoms with Crippen molar-refractivity contribution < 1.29 is 5.11 Å². The van der Waals surface area contributed by atoms with Gasteiger partial charge in [0.1, 0.15) is 0 Å². The van der Waals surface area contributed by atoms with E-state index in [0.29, 0.717) is 18.5 Å². The van der Waals surface area contributed by atoms with Crippen LogP contribution < -0.4 is 5.32 Å². The van der Waals surface area contributed by atoms with Crippen molar-refractivity contribution in [2.45, 2.75) is 25.3 Å². The van der Waals surface area contributed by atoms with Gasteiger partial charge in [-0.1, -0.05) is 6.42 Å². The molecule has 0 heterocycles. The zero-order valence-electron chi connectivity index (χ0n) is 6.58. The van der Waals surface area contributed by atoms with E-state index in [2.05, 4.69) is 5.32 Å². The second-order valence-electron chi connectivity index (χ2n) is 3.02. The highest BCUT2D eigenvalue weighted by Gasteiger charge is 2.25. The van der Waals surface area contributed by atoms with Crippen molar-refractivity contribution in [2.75, 3.05) is 13.2 Å². The van der Waals surface area contributed by atoms with Gasteiger partial charge < -0.3 is 10.4 Å². The fourth-order valence-electron chi connectivity index (χ4n) is 1.70. The molecule has 2 N–H and O–H groups in total. The molecule has 0 spiro atoms. The minimum Gasteiger partial charge on any atom is -0.396 e. The van der Waals surface area contributed by atoms with Gasteiger partial charge in [0.15, 0.2) is 0 Å². The summed E-state index contributed by atoms with van der Waals surface area (Å²) in [5.74, 6) is 0.378. The number of rotatable bonds is 3. The molecule has 1 aliphatic carbocycles. The van der Waals surface area contributed by atoms with Gasteiger partial charge in [0.2, 0.25) is 0 Å². The molecule has 1 rings (SSSR count). The predicted molar refractivity (Wildman–Crippen MR) is 41.8 cm³/mol. The van der Waals surface area contributed by atoms with E-state index >= 15 is 0 Å². The summed E-state index contributed by atoms with van der Waals surface area (Å²) in [6.45, 7) is 0.657. The number of nitrogens with one attached hydrogen (secondary N) is 1. The standard InChI is InChI=1S/C8H14N2O/c9-4-5-10-8-3-1-2-7(8)6-11/h7-8,10-11H,1-3,5-6H2/t7-,8-/m0/s1. The van der Waals surface area contributed by atoms with Gasteiger partial charge in [0.05, 0.1) is 12.6 Å². The van der Waals surface area contributed by atoms with E-state index in [1.165, 1.54) is 6.42 Å². The Morgan fingerprint density at radius 2 is 2.36 bits per heavy atom. The maximum atomic E-state index is 8.91. The molecular weight excluding hydrogens is 140 g/mol. The van der Waals surface area contributed by atoms with Gasteiger partial charge in [-0.25, -0.2) is 0 Å². The predicted octanol–water partition coefficient (Wildman–Crippen LogP) is 0.261. The van der Waals surface area contributed by atoms with Crippen LogP contribution in [-0.2, 0) is 0 Å². The molecule has 0 amide bonds. The summed E-state index contributed by atoms with van der Waals surface area (Å²) < 4.78 is 0. The molecule has 11 heavy (non-hydrogen) atoms. The summed E-state index contributed by atoms with van der Waals surface area (Å²) >= 11 is 0. The second-order valence-corrected chi connectivity index (χ2v) is 3.02. The van der Waals surface area contributed by atoms with Crippen LogP contribution in [0.2, 0.25) is 0 Å². The van der Waals surface area contributed by atoms with E-state index in [-0.39, 0.29) is 6.61 Å². The van der Waals surface area contributed by atoms with Crippen LogP contribution in [-0.4, -0.2) is 24.3 Å². The molecule has 0 aromatic carbocycles. The molecule has 0 bridgehead atoms. The Kier molecular flexibility index (Phi) is 3.34. The SMILES string of the molecule is N#CCN[C@H]1CCC[C@H]1CO. The van der Waals surface area contributed by atoms with Crippen LogP contribution >= 0.6 is 0 Å². The smallest absolute Gasteiger partial charge is 0.0843 e. The van der Waals surface area contributed by atoms with Gasteiger partial charge in [-0.05, 0) is 18.8 Å². The summed E-state index contributed by atoms with van der Waals surface area (Å²) in [7, 11) is 0. The van der Waals surface area contributed by atoms with Gasteiger partial charge in [0.25, 0.3) is 0 Å². The lowest BCUT2D eigenvalue weighted by Gasteiger charge is -2.16. The van der Waals surface area contributed by atoms with Crippen LogP contribution in [0, 0.1) is 17.2 Å². The maximum absolute atomic E-state index is 8.91.